The van der Waals surface area contributed by atoms with Crippen LogP contribution in [0.25, 0.3) is 21.6 Å². The number of carbonyl (C=O) groups is 1. The number of benzene rings is 2. The van der Waals surface area contributed by atoms with Crippen molar-refractivity contribution in [2.45, 2.75) is 19.4 Å². The van der Waals surface area contributed by atoms with Gasteiger partial charge in [-0.2, -0.15) is 4.37 Å². The Hall–Kier alpha value is -3.52. The molecule has 4 rings (SSSR count). The Morgan fingerprint density at radius 1 is 1.17 bits per heavy atom. The van der Waals surface area contributed by atoms with E-state index >= 15 is 0 Å². The van der Waals surface area contributed by atoms with E-state index in [1.807, 2.05) is 55.5 Å². The van der Waals surface area contributed by atoms with Gasteiger partial charge in [-0.15, -0.1) is 0 Å². The van der Waals surface area contributed by atoms with Crippen LogP contribution in [0.2, 0.25) is 0 Å². The van der Waals surface area contributed by atoms with Crippen molar-refractivity contribution in [1.29, 1.82) is 0 Å². The summed E-state index contributed by atoms with van der Waals surface area (Å²) in [6.07, 6.45) is 0.579. The van der Waals surface area contributed by atoms with Crippen molar-refractivity contribution in [3.05, 3.63) is 76.2 Å². The van der Waals surface area contributed by atoms with E-state index in [0.29, 0.717) is 28.4 Å². The summed E-state index contributed by atoms with van der Waals surface area (Å²) in [5.74, 6) is -0.242. The molecule has 2 heterocycles. The highest BCUT2D eigenvalue weighted by Gasteiger charge is 2.25. The maximum absolute atomic E-state index is 13.5. The zero-order valence-corrected chi connectivity index (χ0v) is 17.2. The molecule has 0 aliphatic carbocycles. The lowest BCUT2D eigenvalue weighted by molar-refractivity contribution is 0.0694. The average Bonchev–Trinajstić information content (AvgIpc) is 3.19. The van der Waals surface area contributed by atoms with E-state index in [9.17, 15) is 14.7 Å². The summed E-state index contributed by atoms with van der Waals surface area (Å²) in [6.45, 7) is 1.92. The molecule has 0 saturated carbocycles. The Kier molecular flexibility index (Phi) is 5.33. The van der Waals surface area contributed by atoms with Gasteiger partial charge in [0.2, 0.25) is 0 Å². The SMILES string of the molecule is COc1ccccc1-c1nc2snc(C(=O)O)c2c(=O)n1C(C)Cc1ccccc1. The van der Waals surface area contributed by atoms with Gasteiger partial charge in [0.05, 0.1) is 12.7 Å². The molecule has 8 heteroatoms. The van der Waals surface area contributed by atoms with Gasteiger partial charge in [0.25, 0.3) is 5.56 Å². The predicted molar refractivity (Wildman–Crippen MR) is 115 cm³/mol. The van der Waals surface area contributed by atoms with Crippen LogP contribution in [0.3, 0.4) is 0 Å². The minimum atomic E-state index is -1.24. The summed E-state index contributed by atoms with van der Waals surface area (Å²) in [5.41, 5.74) is 1.03. The number of rotatable bonds is 6. The number of carboxylic acid groups (broad SMARTS) is 1. The summed E-state index contributed by atoms with van der Waals surface area (Å²) >= 11 is 0.907. The highest BCUT2D eigenvalue weighted by atomic mass is 32.1. The van der Waals surface area contributed by atoms with Crippen molar-refractivity contribution in [3.63, 3.8) is 0 Å². The Bertz CT molecular complexity index is 1280. The monoisotopic (exact) mass is 421 g/mol. The Morgan fingerprint density at radius 2 is 1.87 bits per heavy atom. The first-order chi connectivity index (χ1) is 14.5. The van der Waals surface area contributed by atoms with Crippen LogP contribution in [0.15, 0.2) is 59.4 Å². The Balaban J connectivity index is 1.99. The molecule has 0 aliphatic rings. The van der Waals surface area contributed by atoms with Crippen molar-refractivity contribution in [2.75, 3.05) is 7.11 Å². The van der Waals surface area contributed by atoms with Crippen LogP contribution in [-0.2, 0) is 6.42 Å². The molecule has 4 aromatic rings. The molecule has 30 heavy (non-hydrogen) atoms. The van der Waals surface area contributed by atoms with Crippen molar-refractivity contribution in [2.24, 2.45) is 0 Å². The largest absolute Gasteiger partial charge is 0.496 e. The second-order valence-corrected chi connectivity index (χ2v) is 7.62. The van der Waals surface area contributed by atoms with E-state index in [0.717, 1.165) is 17.1 Å². The third kappa shape index (κ3) is 3.46. The van der Waals surface area contributed by atoms with Gasteiger partial charge in [-0.05, 0) is 42.6 Å². The van der Waals surface area contributed by atoms with E-state index in [-0.39, 0.29) is 17.1 Å². The van der Waals surface area contributed by atoms with E-state index in [2.05, 4.69) is 9.36 Å². The molecular formula is C22H19N3O4S. The zero-order chi connectivity index (χ0) is 21.3. The number of aromatic carboxylic acids is 1. The second-order valence-electron chi connectivity index (χ2n) is 6.87. The molecule has 0 amide bonds. The Morgan fingerprint density at radius 3 is 2.57 bits per heavy atom. The number of methoxy groups -OCH3 is 1. The van der Waals surface area contributed by atoms with Crippen molar-refractivity contribution in [1.82, 2.24) is 13.9 Å². The summed E-state index contributed by atoms with van der Waals surface area (Å²) in [6, 6.07) is 16.8. The van der Waals surface area contributed by atoms with E-state index in [1.54, 1.807) is 17.7 Å². The second kappa shape index (κ2) is 8.08. The molecule has 0 saturated heterocycles. The third-order valence-corrected chi connectivity index (χ3v) is 5.65. The summed E-state index contributed by atoms with van der Waals surface area (Å²) in [5, 5.41) is 9.51. The molecule has 0 fully saturated rings. The lowest BCUT2D eigenvalue weighted by Gasteiger charge is -2.20. The molecule has 7 nitrogen and oxygen atoms in total. The zero-order valence-electron chi connectivity index (χ0n) is 16.4. The number of carboxylic acids is 1. The number of hydrogen-bond donors (Lipinski definition) is 1. The fourth-order valence-corrected chi connectivity index (χ4v) is 4.29. The van der Waals surface area contributed by atoms with Gasteiger partial charge < -0.3 is 9.84 Å². The summed E-state index contributed by atoms with van der Waals surface area (Å²) in [7, 11) is 1.56. The van der Waals surface area contributed by atoms with Crippen LogP contribution in [0.4, 0.5) is 0 Å². The quantitative estimate of drug-likeness (QED) is 0.505. The number of aromatic nitrogens is 3. The molecule has 0 spiro atoms. The van der Waals surface area contributed by atoms with Crippen LogP contribution in [0.5, 0.6) is 5.75 Å². The molecule has 152 valence electrons. The van der Waals surface area contributed by atoms with Gasteiger partial charge in [-0.3, -0.25) is 9.36 Å². The van der Waals surface area contributed by atoms with Crippen LogP contribution in [0, 0.1) is 0 Å². The van der Waals surface area contributed by atoms with Gasteiger partial charge in [-0.25, -0.2) is 9.78 Å². The maximum atomic E-state index is 13.5. The minimum Gasteiger partial charge on any atom is -0.496 e. The summed E-state index contributed by atoms with van der Waals surface area (Å²) < 4.78 is 11.0. The molecule has 1 atom stereocenters. The molecular weight excluding hydrogens is 402 g/mol. The fourth-order valence-electron chi connectivity index (χ4n) is 3.54. The number of ether oxygens (including phenoxy) is 1. The normalized spacial score (nSPS) is 12.1. The smallest absolute Gasteiger partial charge is 0.356 e. The Labute approximate surface area is 176 Å². The molecule has 0 bridgehead atoms. The van der Waals surface area contributed by atoms with Gasteiger partial charge in [0.1, 0.15) is 17.0 Å². The lowest BCUT2D eigenvalue weighted by Crippen LogP contribution is -2.28. The van der Waals surface area contributed by atoms with Crippen LogP contribution < -0.4 is 10.3 Å². The van der Waals surface area contributed by atoms with Crippen molar-refractivity contribution in [3.8, 4) is 17.1 Å². The molecule has 1 unspecified atom stereocenters. The topological polar surface area (TPSA) is 94.3 Å². The van der Waals surface area contributed by atoms with Crippen LogP contribution >= 0.6 is 11.5 Å². The number of para-hydroxylation sites is 1. The molecule has 0 aliphatic heterocycles. The van der Waals surface area contributed by atoms with Gasteiger partial charge >= 0.3 is 5.97 Å². The van der Waals surface area contributed by atoms with Gasteiger partial charge in [0, 0.05) is 6.04 Å². The molecule has 0 radical (unpaired) electrons. The van der Waals surface area contributed by atoms with Gasteiger partial charge in [-0.1, -0.05) is 42.5 Å². The first-order valence-electron chi connectivity index (χ1n) is 9.33. The molecule has 2 aromatic heterocycles. The number of nitrogens with zero attached hydrogens (tertiary/aromatic N) is 3. The number of fused-ring (bicyclic) bond motifs is 1. The highest BCUT2D eigenvalue weighted by Crippen LogP contribution is 2.32. The standard InChI is InChI=1S/C22H19N3O4S/c1-13(12-14-8-4-3-5-9-14)25-19(15-10-6-7-11-16(15)29-2)23-20-17(21(25)26)18(22(27)28)24-30-20/h3-11,13H,12H2,1-2H3,(H,27,28). The molecule has 1 N–H and O–H groups in total. The lowest BCUT2D eigenvalue weighted by atomic mass is 10.1. The first kappa shape index (κ1) is 19.8. The van der Waals surface area contributed by atoms with E-state index < -0.39 is 11.5 Å². The highest BCUT2D eigenvalue weighted by molar-refractivity contribution is 7.13. The first-order valence-corrected chi connectivity index (χ1v) is 10.1. The third-order valence-electron chi connectivity index (χ3n) is 4.91. The van der Waals surface area contributed by atoms with Crippen molar-refractivity contribution < 1.29 is 14.6 Å². The average molecular weight is 421 g/mol. The number of hydrogen-bond acceptors (Lipinski definition) is 6. The molecule has 2 aromatic carbocycles. The predicted octanol–water partition coefficient (Wildman–Crippen LogP) is 4.03. The fraction of sp³-hybridized carbons (Fsp3) is 0.182. The minimum absolute atomic E-state index is 0.0334. The van der Waals surface area contributed by atoms with E-state index in [4.69, 9.17) is 4.74 Å². The van der Waals surface area contributed by atoms with Gasteiger partial charge in [0.15, 0.2) is 10.5 Å². The van der Waals surface area contributed by atoms with Crippen molar-refractivity contribution >= 4 is 27.7 Å². The maximum Gasteiger partial charge on any atom is 0.356 e. The van der Waals surface area contributed by atoms with Crippen LogP contribution in [-0.4, -0.2) is 32.1 Å². The van der Waals surface area contributed by atoms with Crippen LogP contribution in [0.1, 0.15) is 29.0 Å². The summed E-state index contributed by atoms with van der Waals surface area (Å²) in [4.78, 5) is 30.1. The van der Waals surface area contributed by atoms with E-state index in [1.165, 1.54) is 0 Å².